The lowest BCUT2D eigenvalue weighted by molar-refractivity contribution is 0.0963. The van der Waals surface area contributed by atoms with E-state index in [4.69, 9.17) is 4.74 Å². The van der Waals surface area contributed by atoms with Gasteiger partial charge in [-0.05, 0) is 66.0 Å². The number of aryl methyl sites for hydroxylation is 3. The van der Waals surface area contributed by atoms with Crippen LogP contribution in [0.3, 0.4) is 0 Å². The van der Waals surface area contributed by atoms with E-state index < -0.39 is 0 Å². The van der Waals surface area contributed by atoms with Crippen LogP contribution in [0.5, 0.6) is 5.75 Å². The van der Waals surface area contributed by atoms with Crippen LogP contribution >= 0.6 is 15.9 Å². The minimum atomic E-state index is -0.349. The lowest BCUT2D eigenvalue weighted by Crippen LogP contribution is -2.24. The number of halogens is 2. The third-order valence-electron chi connectivity index (χ3n) is 4.83. The topological polar surface area (TPSA) is 60.3 Å². The van der Waals surface area contributed by atoms with E-state index in [2.05, 4.69) is 21.2 Å². The fraction of sp³-hybridized carbons (Fsp3) is 0.217. The summed E-state index contributed by atoms with van der Waals surface area (Å²) in [4.78, 5) is 25.1. The monoisotopic (exact) mass is 472 g/mol. The Kier molecular flexibility index (Phi) is 6.41. The Hall–Kier alpha value is -2.93. The molecule has 0 atom stereocenters. The molecule has 2 aromatic carbocycles. The van der Waals surface area contributed by atoms with Gasteiger partial charge in [-0.3, -0.25) is 14.2 Å². The third kappa shape index (κ3) is 4.31. The molecule has 0 saturated carbocycles. The Labute approximate surface area is 182 Å². The first-order valence-corrected chi connectivity index (χ1v) is 10.1. The number of amides is 1. The molecule has 0 bridgehead atoms. The van der Waals surface area contributed by atoms with Crippen molar-refractivity contribution in [3.05, 3.63) is 91.1 Å². The number of carbonyl (C=O) groups is 1. The molecule has 3 rings (SSSR count). The zero-order valence-electron chi connectivity index (χ0n) is 17.2. The van der Waals surface area contributed by atoms with E-state index in [1.54, 1.807) is 44.3 Å². The number of nitrogens with zero attached hydrogens (tertiary/aromatic N) is 1. The number of hydrogen-bond donors (Lipinski definition) is 1. The van der Waals surface area contributed by atoms with E-state index in [9.17, 15) is 14.0 Å². The maximum Gasteiger partial charge on any atom is 0.273 e. The van der Waals surface area contributed by atoms with Gasteiger partial charge in [0.25, 0.3) is 11.5 Å². The predicted octanol–water partition coefficient (Wildman–Crippen LogP) is 4.60. The maximum absolute atomic E-state index is 14.1. The van der Waals surface area contributed by atoms with Gasteiger partial charge in [-0.15, -0.1) is 0 Å². The quantitative estimate of drug-likeness (QED) is 0.589. The molecule has 5 nitrogen and oxygen atoms in total. The zero-order chi connectivity index (χ0) is 22.0. The van der Waals surface area contributed by atoms with Gasteiger partial charge in [0, 0.05) is 29.9 Å². The van der Waals surface area contributed by atoms with Crippen molar-refractivity contribution in [2.75, 3.05) is 7.05 Å². The molecule has 0 aliphatic rings. The summed E-state index contributed by atoms with van der Waals surface area (Å²) in [6, 6.07) is 11.8. The minimum Gasteiger partial charge on any atom is -0.487 e. The lowest BCUT2D eigenvalue weighted by Gasteiger charge is -2.17. The fourth-order valence-corrected chi connectivity index (χ4v) is 3.55. The van der Waals surface area contributed by atoms with Gasteiger partial charge in [0.2, 0.25) is 0 Å². The van der Waals surface area contributed by atoms with Crippen molar-refractivity contribution in [2.45, 2.75) is 27.4 Å². The summed E-state index contributed by atoms with van der Waals surface area (Å²) in [6.45, 7) is 5.46. The highest BCUT2D eigenvalue weighted by Crippen LogP contribution is 2.26. The van der Waals surface area contributed by atoms with E-state index in [0.717, 1.165) is 11.1 Å². The fourth-order valence-electron chi connectivity index (χ4n) is 3.15. The molecule has 0 fully saturated rings. The normalized spacial score (nSPS) is 10.7. The Morgan fingerprint density at radius 1 is 1.13 bits per heavy atom. The highest BCUT2D eigenvalue weighted by Gasteiger charge is 2.17. The molecule has 0 aliphatic heterocycles. The number of carbonyl (C=O) groups excluding carboxylic acids is 1. The van der Waals surface area contributed by atoms with Crippen LogP contribution in [0, 0.1) is 26.6 Å². The van der Waals surface area contributed by atoms with Crippen LogP contribution in [0.15, 0.2) is 51.7 Å². The van der Waals surface area contributed by atoms with Crippen LogP contribution in [0.25, 0.3) is 5.69 Å². The Balaban J connectivity index is 2.00. The standard InChI is InChI=1S/C23H22BrFN2O3/c1-13-5-7-17(18(25)9-13)12-30-20-10-15(3)27(23(29)21(20)24)19-11-16(22(28)26-4)8-6-14(19)2/h5-11H,12H2,1-4H3,(H,26,28). The molecule has 0 spiro atoms. The highest BCUT2D eigenvalue weighted by atomic mass is 79.9. The molecular formula is C23H22BrFN2O3. The van der Waals surface area contributed by atoms with Crippen molar-refractivity contribution in [3.8, 4) is 11.4 Å². The molecular weight excluding hydrogens is 451 g/mol. The van der Waals surface area contributed by atoms with Gasteiger partial charge < -0.3 is 10.1 Å². The molecule has 0 radical (unpaired) electrons. The molecule has 0 aliphatic carbocycles. The molecule has 1 amide bonds. The molecule has 1 aromatic heterocycles. The minimum absolute atomic E-state index is 0.00120. The molecule has 0 saturated heterocycles. The van der Waals surface area contributed by atoms with Crippen molar-refractivity contribution in [3.63, 3.8) is 0 Å². The number of rotatable bonds is 5. The van der Waals surface area contributed by atoms with E-state index in [0.29, 0.717) is 28.3 Å². The molecule has 7 heteroatoms. The summed E-state index contributed by atoms with van der Waals surface area (Å²) in [7, 11) is 1.55. The van der Waals surface area contributed by atoms with E-state index in [-0.39, 0.29) is 28.4 Å². The largest absolute Gasteiger partial charge is 0.487 e. The Morgan fingerprint density at radius 3 is 2.53 bits per heavy atom. The first-order chi connectivity index (χ1) is 14.2. The Bertz CT molecular complexity index is 1190. The zero-order valence-corrected chi connectivity index (χ0v) is 18.8. The SMILES string of the molecule is CNC(=O)c1ccc(C)c(-n2c(C)cc(OCc3ccc(C)cc3F)c(Br)c2=O)c1. The predicted molar refractivity (Wildman–Crippen MR) is 118 cm³/mol. The number of pyridine rings is 1. The third-order valence-corrected chi connectivity index (χ3v) is 5.56. The van der Waals surface area contributed by atoms with Crippen molar-refractivity contribution in [2.24, 2.45) is 0 Å². The number of hydrogen-bond acceptors (Lipinski definition) is 3. The second-order valence-electron chi connectivity index (χ2n) is 7.07. The van der Waals surface area contributed by atoms with Crippen LogP contribution in [0.1, 0.15) is 32.7 Å². The molecule has 1 N–H and O–H groups in total. The maximum atomic E-state index is 14.1. The summed E-state index contributed by atoms with van der Waals surface area (Å²) in [6.07, 6.45) is 0. The number of aromatic nitrogens is 1. The summed E-state index contributed by atoms with van der Waals surface area (Å²) >= 11 is 3.32. The average molecular weight is 473 g/mol. The van der Waals surface area contributed by atoms with Gasteiger partial charge in [-0.25, -0.2) is 4.39 Å². The second-order valence-corrected chi connectivity index (χ2v) is 7.86. The Morgan fingerprint density at radius 2 is 1.87 bits per heavy atom. The number of ether oxygens (including phenoxy) is 1. The smallest absolute Gasteiger partial charge is 0.273 e. The first kappa shape index (κ1) is 21.8. The highest BCUT2D eigenvalue weighted by molar-refractivity contribution is 9.10. The molecule has 30 heavy (non-hydrogen) atoms. The number of benzene rings is 2. The van der Waals surface area contributed by atoms with E-state index in [1.165, 1.54) is 10.6 Å². The molecule has 156 valence electrons. The van der Waals surface area contributed by atoms with Crippen LogP contribution in [0.2, 0.25) is 0 Å². The van der Waals surface area contributed by atoms with Crippen LogP contribution < -0.4 is 15.6 Å². The summed E-state index contributed by atoms with van der Waals surface area (Å²) in [5.41, 5.74) is 3.43. The van der Waals surface area contributed by atoms with Crippen molar-refractivity contribution >= 4 is 21.8 Å². The summed E-state index contributed by atoms with van der Waals surface area (Å²) in [5.74, 6) is -0.257. The lowest BCUT2D eigenvalue weighted by atomic mass is 10.1. The van der Waals surface area contributed by atoms with Crippen molar-refractivity contribution in [1.29, 1.82) is 0 Å². The average Bonchev–Trinajstić information content (AvgIpc) is 2.71. The molecule has 3 aromatic rings. The van der Waals surface area contributed by atoms with Gasteiger partial charge in [0.15, 0.2) is 0 Å². The van der Waals surface area contributed by atoms with Gasteiger partial charge in [-0.1, -0.05) is 18.2 Å². The van der Waals surface area contributed by atoms with Gasteiger partial charge in [0.1, 0.15) is 22.6 Å². The first-order valence-electron chi connectivity index (χ1n) is 9.36. The molecule has 0 unspecified atom stereocenters. The van der Waals surface area contributed by atoms with Crippen LogP contribution in [-0.4, -0.2) is 17.5 Å². The van der Waals surface area contributed by atoms with E-state index >= 15 is 0 Å². The van der Waals surface area contributed by atoms with Crippen LogP contribution in [-0.2, 0) is 6.61 Å². The summed E-state index contributed by atoms with van der Waals surface area (Å²) in [5, 5.41) is 2.58. The second kappa shape index (κ2) is 8.83. The van der Waals surface area contributed by atoms with Gasteiger partial charge in [-0.2, -0.15) is 0 Å². The number of nitrogens with one attached hydrogen (secondary N) is 1. The molecule has 1 heterocycles. The summed E-state index contributed by atoms with van der Waals surface area (Å²) < 4.78 is 21.6. The van der Waals surface area contributed by atoms with Crippen molar-refractivity contribution < 1.29 is 13.9 Å². The van der Waals surface area contributed by atoms with Crippen molar-refractivity contribution in [1.82, 2.24) is 9.88 Å². The van der Waals surface area contributed by atoms with Gasteiger partial charge >= 0.3 is 0 Å². The van der Waals surface area contributed by atoms with Gasteiger partial charge in [0.05, 0.1) is 5.69 Å². The van der Waals surface area contributed by atoms with Crippen LogP contribution in [0.4, 0.5) is 4.39 Å². The van der Waals surface area contributed by atoms with E-state index in [1.807, 2.05) is 19.9 Å².